The van der Waals surface area contributed by atoms with Gasteiger partial charge in [0.05, 0.1) is 4.34 Å². The van der Waals surface area contributed by atoms with Crippen molar-refractivity contribution in [2.75, 3.05) is 26.2 Å². The van der Waals surface area contributed by atoms with Gasteiger partial charge >= 0.3 is 6.03 Å². The van der Waals surface area contributed by atoms with E-state index in [1.807, 2.05) is 49.4 Å². The van der Waals surface area contributed by atoms with Crippen LogP contribution in [-0.4, -0.2) is 54.0 Å². The molecule has 3 rings (SSSR count). The molecule has 2 heterocycles. The third kappa shape index (κ3) is 5.47. The first-order valence-corrected chi connectivity index (χ1v) is 10.6. The summed E-state index contributed by atoms with van der Waals surface area (Å²) in [7, 11) is 0. The molecule has 1 aliphatic heterocycles. The quantitative estimate of drug-likeness (QED) is 0.755. The molecule has 1 saturated heterocycles. The molecular weight excluding hydrogens is 396 g/mol. The molecule has 0 radical (unpaired) electrons. The Morgan fingerprint density at radius 1 is 1.14 bits per heavy atom. The Morgan fingerprint density at radius 2 is 1.93 bits per heavy atom. The van der Waals surface area contributed by atoms with Gasteiger partial charge in [-0.2, -0.15) is 0 Å². The SMILES string of the molecule is CCNC(=O)N1CCN(Cc2ccc(Cl)s2)CC1C(=O)NCc1ccccc1. The molecule has 1 aliphatic rings. The van der Waals surface area contributed by atoms with Crippen LogP contribution in [0.3, 0.4) is 0 Å². The first-order chi connectivity index (χ1) is 13.6. The van der Waals surface area contributed by atoms with Crippen molar-refractivity contribution in [1.82, 2.24) is 20.4 Å². The number of benzene rings is 1. The van der Waals surface area contributed by atoms with E-state index in [9.17, 15) is 9.59 Å². The lowest BCUT2D eigenvalue weighted by Gasteiger charge is -2.40. The Labute approximate surface area is 174 Å². The second-order valence-electron chi connectivity index (χ2n) is 6.69. The van der Waals surface area contributed by atoms with Gasteiger partial charge in [-0.1, -0.05) is 41.9 Å². The van der Waals surface area contributed by atoms with Crippen molar-refractivity contribution in [3.05, 3.63) is 57.2 Å². The lowest BCUT2D eigenvalue weighted by molar-refractivity contribution is -0.127. The number of urea groups is 1. The number of hydrogen-bond donors (Lipinski definition) is 2. The van der Waals surface area contributed by atoms with Crippen LogP contribution in [0.5, 0.6) is 0 Å². The molecule has 150 valence electrons. The molecule has 1 atom stereocenters. The van der Waals surface area contributed by atoms with E-state index in [-0.39, 0.29) is 11.9 Å². The number of hydrogen-bond acceptors (Lipinski definition) is 4. The summed E-state index contributed by atoms with van der Waals surface area (Å²) in [6, 6.07) is 12.9. The van der Waals surface area contributed by atoms with Crippen LogP contribution in [0, 0.1) is 0 Å². The smallest absolute Gasteiger partial charge is 0.318 e. The van der Waals surface area contributed by atoms with Crippen LogP contribution in [0.15, 0.2) is 42.5 Å². The van der Waals surface area contributed by atoms with Crippen LogP contribution < -0.4 is 10.6 Å². The summed E-state index contributed by atoms with van der Waals surface area (Å²) in [5.74, 6) is -0.135. The number of thiophene rings is 1. The Bertz CT molecular complexity index is 799. The highest BCUT2D eigenvalue weighted by Crippen LogP contribution is 2.24. The first-order valence-electron chi connectivity index (χ1n) is 9.39. The Balaban J connectivity index is 1.66. The van der Waals surface area contributed by atoms with Crippen molar-refractivity contribution in [3.63, 3.8) is 0 Å². The van der Waals surface area contributed by atoms with Gasteiger partial charge in [0.25, 0.3) is 0 Å². The molecule has 28 heavy (non-hydrogen) atoms. The molecule has 3 amide bonds. The molecule has 0 saturated carbocycles. The minimum atomic E-state index is -0.528. The van der Waals surface area contributed by atoms with Gasteiger partial charge in [-0.3, -0.25) is 9.69 Å². The fourth-order valence-corrected chi connectivity index (χ4v) is 4.39. The van der Waals surface area contributed by atoms with Gasteiger partial charge in [0, 0.05) is 44.1 Å². The molecule has 1 aromatic heterocycles. The topological polar surface area (TPSA) is 64.7 Å². The summed E-state index contributed by atoms with van der Waals surface area (Å²) in [6.07, 6.45) is 0. The molecule has 2 N–H and O–H groups in total. The summed E-state index contributed by atoms with van der Waals surface area (Å²) in [5, 5.41) is 5.79. The van der Waals surface area contributed by atoms with Crippen LogP contribution in [-0.2, 0) is 17.9 Å². The van der Waals surface area contributed by atoms with Crippen molar-refractivity contribution in [3.8, 4) is 0 Å². The summed E-state index contributed by atoms with van der Waals surface area (Å²) in [5.41, 5.74) is 1.03. The third-order valence-corrected chi connectivity index (χ3v) is 5.89. The van der Waals surface area contributed by atoms with Crippen molar-refractivity contribution in [1.29, 1.82) is 0 Å². The average molecular weight is 421 g/mol. The van der Waals surface area contributed by atoms with E-state index in [0.717, 1.165) is 27.9 Å². The molecule has 0 bridgehead atoms. The maximum absolute atomic E-state index is 12.9. The number of nitrogens with zero attached hydrogens (tertiary/aromatic N) is 2. The molecule has 1 unspecified atom stereocenters. The highest BCUT2D eigenvalue weighted by molar-refractivity contribution is 7.16. The fourth-order valence-electron chi connectivity index (χ4n) is 3.26. The van der Waals surface area contributed by atoms with E-state index in [2.05, 4.69) is 15.5 Å². The zero-order valence-electron chi connectivity index (χ0n) is 15.9. The Morgan fingerprint density at radius 3 is 2.61 bits per heavy atom. The minimum absolute atomic E-state index is 0.135. The summed E-state index contributed by atoms with van der Waals surface area (Å²) < 4.78 is 0.758. The van der Waals surface area contributed by atoms with Crippen LogP contribution in [0.25, 0.3) is 0 Å². The van der Waals surface area contributed by atoms with E-state index < -0.39 is 6.04 Å². The van der Waals surface area contributed by atoms with E-state index in [1.165, 1.54) is 0 Å². The summed E-state index contributed by atoms with van der Waals surface area (Å²) in [6.45, 7) is 5.30. The second kappa shape index (κ2) is 9.91. The van der Waals surface area contributed by atoms with Crippen molar-refractivity contribution < 1.29 is 9.59 Å². The van der Waals surface area contributed by atoms with E-state index in [1.54, 1.807) is 16.2 Å². The molecule has 1 aromatic carbocycles. The minimum Gasteiger partial charge on any atom is -0.350 e. The third-order valence-electron chi connectivity index (χ3n) is 4.67. The van der Waals surface area contributed by atoms with Gasteiger partial charge in [0.1, 0.15) is 6.04 Å². The maximum Gasteiger partial charge on any atom is 0.318 e. The van der Waals surface area contributed by atoms with Crippen LogP contribution in [0.4, 0.5) is 4.79 Å². The van der Waals surface area contributed by atoms with Gasteiger partial charge in [0.15, 0.2) is 0 Å². The summed E-state index contributed by atoms with van der Waals surface area (Å²) >= 11 is 7.58. The zero-order valence-corrected chi connectivity index (χ0v) is 17.4. The highest BCUT2D eigenvalue weighted by Gasteiger charge is 2.35. The van der Waals surface area contributed by atoms with E-state index in [4.69, 9.17) is 11.6 Å². The zero-order chi connectivity index (χ0) is 19.9. The summed E-state index contributed by atoms with van der Waals surface area (Å²) in [4.78, 5) is 30.4. The molecule has 0 spiro atoms. The maximum atomic E-state index is 12.9. The number of amides is 3. The lowest BCUT2D eigenvalue weighted by Crippen LogP contribution is -2.62. The van der Waals surface area contributed by atoms with Crippen LogP contribution >= 0.6 is 22.9 Å². The second-order valence-corrected chi connectivity index (χ2v) is 8.49. The average Bonchev–Trinajstić information content (AvgIpc) is 3.11. The van der Waals surface area contributed by atoms with Crippen molar-refractivity contribution in [2.24, 2.45) is 0 Å². The standard InChI is InChI=1S/C20H25ClN4O2S/c1-2-22-20(27)25-11-10-24(13-16-8-9-18(21)28-16)14-17(25)19(26)23-12-15-6-4-3-5-7-15/h3-9,17H,2,10-14H2,1H3,(H,22,27)(H,23,26). The first kappa shape index (κ1) is 20.6. The van der Waals surface area contributed by atoms with Crippen LogP contribution in [0.1, 0.15) is 17.4 Å². The van der Waals surface area contributed by atoms with Crippen LogP contribution in [0.2, 0.25) is 4.34 Å². The molecule has 1 fully saturated rings. The van der Waals surface area contributed by atoms with Gasteiger partial charge in [-0.25, -0.2) is 4.79 Å². The van der Waals surface area contributed by atoms with Crippen molar-refractivity contribution in [2.45, 2.75) is 26.1 Å². The predicted molar refractivity (Wildman–Crippen MR) is 112 cm³/mol. The van der Waals surface area contributed by atoms with Gasteiger partial charge in [-0.05, 0) is 24.6 Å². The number of piperazine rings is 1. The monoisotopic (exact) mass is 420 g/mol. The Hall–Kier alpha value is -2.09. The largest absolute Gasteiger partial charge is 0.350 e. The Kier molecular flexibility index (Phi) is 7.30. The molecule has 6 nitrogen and oxygen atoms in total. The van der Waals surface area contributed by atoms with Crippen molar-refractivity contribution >= 4 is 34.9 Å². The highest BCUT2D eigenvalue weighted by atomic mass is 35.5. The molecular formula is C20H25ClN4O2S. The van der Waals surface area contributed by atoms with E-state index >= 15 is 0 Å². The normalized spacial score (nSPS) is 17.4. The number of halogens is 1. The van der Waals surface area contributed by atoms with Gasteiger partial charge in [0.2, 0.25) is 5.91 Å². The number of carbonyl (C=O) groups is 2. The van der Waals surface area contributed by atoms with E-state index in [0.29, 0.717) is 26.2 Å². The number of rotatable bonds is 6. The molecule has 2 aromatic rings. The lowest BCUT2D eigenvalue weighted by atomic mass is 10.1. The molecule has 8 heteroatoms. The predicted octanol–water partition coefficient (Wildman–Crippen LogP) is 2.93. The van der Waals surface area contributed by atoms with Gasteiger partial charge in [-0.15, -0.1) is 11.3 Å². The molecule has 0 aliphatic carbocycles. The number of nitrogens with one attached hydrogen (secondary N) is 2. The fraction of sp³-hybridized carbons (Fsp3) is 0.400. The number of carbonyl (C=O) groups excluding carboxylic acids is 2. The van der Waals surface area contributed by atoms with Gasteiger partial charge < -0.3 is 15.5 Å².